The number of rotatable bonds is 2. The lowest BCUT2D eigenvalue weighted by molar-refractivity contribution is -0.274. The first kappa shape index (κ1) is 14.0. The Bertz CT molecular complexity index is 418. The summed E-state index contributed by atoms with van der Waals surface area (Å²) in [4.78, 5) is -0.200. The van der Waals surface area contributed by atoms with Gasteiger partial charge in [0.1, 0.15) is 0 Å². The highest BCUT2D eigenvalue weighted by molar-refractivity contribution is 7.80. The molecule has 1 aromatic rings. The number of nitrogen functional groups attached to an aromatic ring is 1. The zero-order valence-corrected chi connectivity index (χ0v) is 9.00. The van der Waals surface area contributed by atoms with Gasteiger partial charge < -0.3 is 5.73 Å². The molecule has 8 heteroatoms. The summed E-state index contributed by atoms with van der Waals surface area (Å²) in [5, 5.41) is 0. The molecular weight excluding hydrogens is 268 g/mol. The number of hydrogen-bond acceptors (Lipinski definition) is 2. The first-order valence-electron chi connectivity index (χ1n) is 4.23. The monoisotopic (exact) mass is 275 g/mol. The first-order chi connectivity index (χ1) is 7.60. The van der Waals surface area contributed by atoms with E-state index in [0.717, 1.165) is 6.07 Å². The fourth-order valence-electron chi connectivity index (χ4n) is 1.18. The highest BCUT2D eigenvalue weighted by atomic mass is 32.1. The van der Waals surface area contributed by atoms with Gasteiger partial charge in [-0.25, -0.2) is 13.2 Å². The van der Waals surface area contributed by atoms with Crippen molar-refractivity contribution in [3.63, 3.8) is 0 Å². The predicted molar refractivity (Wildman–Crippen MR) is 53.0 cm³/mol. The van der Waals surface area contributed by atoms with Crippen molar-refractivity contribution >= 4 is 18.3 Å². The molecule has 0 heterocycles. The molecule has 0 aliphatic carbocycles. The molecule has 17 heavy (non-hydrogen) atoms. The Kier molecular flexibility index (Phi) is 3.56. The average Bonchev–Trinajstić information content (AvgIpc) is 2.19. The quantitative estimate of drug-likeness (QED) is 0.482. The van der Waals surface area contributed by atoms with Gasteiger partial charge in [0.25, 0.3) is 12.1 Å². The Morgan fingerprint density at radius 3 is 2.00 bits per heavy atom. The summed E-state index contributed by atoms with van der Waals surface area (Å²) < 4.78 is 75.3. The van der Waals surface area contributed by atoms with Crippen LogP contribution in [0, 0.1) is 0 Å². The van der Waals surface area contributed by atoms with Crippen LogP contribution in [0.3, 0.4) is 0 Å². The number of alkyl halides is 6. The highest BCUT2D eigenvalue weighted by Crippen LogP contribution is 2.47. The maximum atomic E-state index is 13.5. The fraction of sp³-hybridized carbons (Fsp3) is 0.333. The van der Waals surface area contributed by atoms with Crippen molar-refractivity contribution in [2.45, 2.75) is 23.2 Å². The van der Waals surface area contributed by atoms with Gasteiger partial charge in [-0.05, 0) is 12.1 Å². The summed E-state index contributed by atoms with van der Waals surface area (Å²) in [5.41, 5.74) is -0.729. The molecule has 0 saturated carbocycles. The minimum Gasteiger partial charge on any atom is -0.398 e. The molecule has 1 atom stereocenters. The van der Waals surface area contributed by atoms with Crippen LogP contribution < -0.4 is 5.73 Å². The molecule has 0 aromatic heterocycles. The van der Waals surface area contributed by atoms with E-state index in [1.807, 2.05) is 0 Å². The van der Waals surface area contributed by atoms with Gasteiger partial charge in [0.2, 0.25) is 0 Å². The number of thiol groups is 1. The summed E-state index contributed by atoms with van der Waals surface area (Å²) in [6.07, 6.45) is -9.96. The maximum absolute atomic E-state index is 13.5. The van der Waals surface area contributed by atoms with Crippen molar-refractivity contribution in [1.29, 1.82) is 0 Å². The van der Waals surface area contributed by atoms with Gasteiger partial charge in [-0.3, -0.25) is 0 Å². The van der Waals surface area contributed by atoms with Crippen LogP contribution in [0.5, 0.6) is 0 Å². The number of anilines is 1. The van der Waals surface area contributed by atoms with E-state index in [1.54, 1.807) is 0 Å². The Balaban J connectivity index is 3.39. The molecule has 0 spiro atoms. The van der Waals surface area contributed by atoms with Gasteiger partial charge in [0.15, 0.2) is 0 Å². The van der Waals surface area contributed by atoms with E-state index < -0.39 is 23.8 Å². The van der Waals surface area contributed by atoms with Crippen LogP contribution in [-0.2, 0) is 5.67 Å². The van der Waals surface area contributed by atoms with Crippen LogP contribution in [0.2, 0.25) is 0 Å². The largest absolute Gasteiger partial charge is 0.432 e. The van der Waals surface area contributed by atoms with Gasteiger partial charge >= 0.3 is 6.18 Å². The fourth-order valence-corrected chi connectivity index (χ4v) is 1.40. The Labute approximate surface area is 98.0 Å². The first-order valence-corrected chi connectivity index (χ1v) is 4.68. The lowest BCUT2D eigenvalue weighted by Crippen LogP contribution is -2.44. The van der Waals surface area contributed by atoms with Crippen molar-refractivity contribution in [3.05, 3.63) is 23.8 Å². The van der Waals surface area contributed by atoms with Gasteiger partial charge in [0, 0.05) is 16.1 Å². The van der Waals surface area contributed by atoms with E-state index in [0.29, 0.717) is 12.1 Å². The van der Waals surface area contributed by atoms with E-state index >= 15 is 0 Å². The molecule has 0 bridgehead atoms. The average molecular weight is 275 g/mol. The zero-order valence-electron chi connectivity index (χ0n) is 8.10. The van der Waals surface area contributed by atoms with E-state index in [-0.39, 0.29) is 10.6 Å². The standard InChI is InChI=1S/C9H7F6NS/c10-7(11)8(12,9(13,14)15)4-1-2-5(16)6(17)3-4/h1-3,7,17H,16H2. The van der Waals surface area contributed by atoms with Crippen LogP contribution in [0.15, 0.2) is 23.1 Å². The molecule has 0 amide bonds. The number of hydrogen-bond donors (Lipinski definition) is 2. The van der Waals surface area contributed by atoms with Gasteiger partial charge in [-0.1, -0.05) is 6.07 Å². The summed E-state index contributed by atoms with van der Waals surface area (Å²) >= 11 is 3.66. The molecule has 0 fully saturated rings. The van der Waals surface area contributed by atoms with Crippen molar-refractivity contribution in [2.24, 2.45) is 0 Å². The number of halogens is 6. The third kappa shape index (κ3) is 2.31. The molecule has 96 valence electrons. The van der Waals surface area contributed by atoms with Crippen molar-refractivity contribution in [3.8, 4) is 0 Å². The Morgan fingerprint density at radius 2 is 1.65 bits per heavy atom. The Hall–Kier alpha value is -1.05. The molecule has 1 unspecified atom stereocenters. The maximum Gasteiger partial charge on any atom is 0.432 e. The molecule has 0 aliphatic heterocycles. The second-order valence-corrected chi connectivity index (χ2v) is 3.77. The Morgan fingerprint density at radius 1 is 1.12 bits per heavy atom. The lowest BCUT2D eigenvalue weighted by atomic mass is 9.95. The summed E-state index contributed by atoms with van der Waals surface area (Å²) in [5.74, 6) is 0. The second-order valence-electron chi connectivity index (χ2n) is 3.28. The van der Waals surface area contributed by atoms with Gasteiger partial charge in [0.05, 0.1) is 0 Å². The smallest absolute Gasteiger partial charge is 0.398 e. The normalized spacial score (nSPS) is 16.0. The van der Waals surface area contributed by atoms with Crippen molar-refractivity contribution in [2.75, 3.05) is 5.73 Å². The molecule has 1 nitrogen and oxygen atoms in total. The number of benzene rings is 1. The molecule has 2 N–H and O–H groups in total. The minimum absolute atomic E-state index is 0.0316. The summed E-state index contributed by atoms with van der Waals surface area (Å²) in [7, 11) is 0. The predicted octanol–water partition coefficient (Wildman–Crippen LogP) is 3.55. The second kappa shape index (κ2) is 4.32. The van der Waals surface area contributed by atoms with Gasteiger partial charge in [-0.15, -0.1) is 12.6 Å². The molecule has 1 aromatic carbocycles. The van der Waals surface area contributed by atoms with Gasteiger partial charge in [-0.2, -0.15) is 13.2 Å². The molecular formula is C9H7F6NS. The third-order valence-corrected chi connectivity index (χ3v) is 2.55. The van der Waals surface area contributed by atoms with E-state index in [4.69, 9.17) is 5.73 Å². The van der Waals surface area contributed by atoms with Crippen LogP contribution in [-0.4, -0.2) is 12.6 Å². The minimum atomic E-state index is -5.72. The highest BCUT2D eigenvalue weighted by Gasteiger charge is 2.64. The van der Waals surface area contributed by atoms with Crippen LogP contribution in [0.25, 0.3) is 0 Å². The van der Waals surface area contributed by atoms with E-state index in [2.05, 4.69) is 12.6 Å². The van der Waals surface area contributed by atoms with Crippen molar-refractivity contribution < 1.29 is 26.3 Å². The SMILES string of the molecule is Nc1ccc(C(F)(C(F)F)C(F)(F)F)cc1S. The van der Waals surface area contributed by atoms with Crippen LogP contribution in [0.4, 0.5) is 32.0 Å². The number of nitrogens with two attached hydrogens (primary N) is 1. The third-order valence-electron chi connectivity index (χ3n) is 2.16. The molecule has 0 aliphatic rings. The lowest BCUT2D eigenvalue weighted by Gasteiger charge is -2.27. The van der Waals surface area contributed by atoms with Crippen LogP contribution >= 0.6 is 12.6 Å². The topological polar surface area (TPSA) is 26.0 Å². The van der Waals surface area contributed by atoms with Crippen molar-refractivity contribution in [1.82, 2.24) is 0 Å². The molecule has 1 rings (SSSR count). The molecule has 0 saturated heterocycles. The van der Waals surface area contributed by atoms with Crippen LogP contribution in [0.1, 0.15) is 5.56 Å². The summed E-state index contributed by atoms with van der Waals surface area (Å²) in [6.45, 7) is 0. The summed E-state index contributed by atoms with van der Waals surface area (Å²) in [6, 6.07) is 1.99. The molecule has 0 radical (unpaired) electrons. The van der Waals surface area contributed by atoms with E-state index in [9.17, 15) is 26.3 Å². The zero-order chi connectivity index (χ0) is 13.4. The van der Waals surface area contributed by atoms with E-state index in [1.165, 1.54) is 0 Å².